The number of rotatable bonds is 10. The fourth-order valence-corrected chi connectivity index (χ4v) is 4.09. The molecular weight excluding hydrogens is 448 g/mol. The Morgan fingerprint density at radius 2 is 1.14 bits per heavy atom. The first-order valence-corrected chi connectivity index (χ1v) is 12.7. The second kappa shape index (κ2) is 13.6. The summed E-state index contributed by atoms with van der Waals surface area (Å²) in [6, 6.07) is 24.4. The second-order valence-electron chi connectivity index (χ2n) is 8.97. The first-order valence-electron chi connectivity index (χ1n) is 12.7. The van der Waals surface area contributed by atoms with Crippen LogP contribution in [0.15, 0.2) is 78.9 Å². The minimum atomic E-state index is -1.28. The highest BCUT2D eigenvalue weighted by molar-refractivity contribution is 6.14. The van der Waals surface area contributed by atoms with Crippen molar-refractivity contribution in [2.75, 3.05) is 36.0 Å². The predicted octanol–water partition coefficient (Wildman–Crippen LogP) is 6.25. The first-order chi connectivity index (χ1) is 17.2. The lowest BCUT2D eigenvalue weighted by Gasteiger charge is -2.31. The van der Waals surface area contributed by atoms with Crippen LogP contribution in [-0.4, -0.2) is 48.5 Å². The predicted molar refractivity (Wildman–Crippen MR) is 151 cm³/mol. The van der Waals surface area contributed by atoms with Crippen LogP contribution < -0.4 is 9.80 Å². The van der Waals surface area contributed by atoms with E-state index < -0.39 is 5.60 Å². The van der Waals surface area contributed by atoms with E-state index in [1.165, 1.54) is 13.8 Å². The summed E-state index contributed by atoms with van der Waals surface area (Å²) >= 11 is 0. The van der Waals surface area contributed by atoms with Crippen LogP contribution in [0.3, 0.4) is 0 Å². The number of anilines is 2. The molecule has 36 heavy (non-hydrogen) atoms. The average Bonchev–Trinajstić information content (AvgIpc) is 2.90. The van der Waals surface area contributed by atoms with E-state index in [1.807, 2.05) is 48.5 Å². The second-order valence-corrected chi connectivity index (χ2v) is 8.97. The van der Waals surface area contributed by atoms with Crippen molar-refractivity contribution in [2.45, 2.75) is 47.1 Å². The van der Waals surface area contributed by atoms with E-state index in [0.717, 1.165) is 48.7 Å². The van der Waals surface area contributed by atoms with Crippen LogP contribution in [0.5, 0.6) is 0 Å². The molecule has 0 amide bonds. The van der Waals surface area contributed by atoms with Crippen LogP contribution in [-0.2, 0) is 0 Å². The molecule has 0 spiro atoms. The number of carbonyl (C=O) groups excluding carboxylic acids is 2. The van der Waals surface area contributed by atoms with E-state index in [9.17, 15) is 14.7 Å². The average molecular weight is 489 g/mol. The van der Waals surface area contributed by atoms with Gasteiger partial charge < -0.3 is 14.9 Å². The summed E-state index contributed by atoms with van der Waals surface area (Å²) in [7, 11) is 0. The Morgan fingerprint density at radius 1 is 0.667 bits per heavy atom. The van der Waals surface area contributed by atoms with Crippen molar-refractivity contribution in [1.29, 1.82) is 0 Å². The number of ketones is 2. The molecule has 1 N–H and O–H groups in total. The zero-order valence-corrected chi connectivity index (χ0v) is 22.5. The Labute approximate surface area is 216 Å². The van der Waals surface area contributed by atoms with Crippen LogP contribution in [0.1, 0.15) is 67.8 Å². The molecule has 0 aliphatic heterocycles. The topological polar surface area (TPSA) is 60.9 Å². The molecule has 0 unspecified atom stereocenters. The third kappa shape index (κ3) is 7.28. The number of hydrogen-bond acceptors (Lipinski definition) is 5. The van der Waals surface area contributed by atoms with Crippen molar-refractivity contribution in [3.05, 3.63) is 95.6 Å². The third-order valence-corrected chi connectivity index (χ3v) is 6.07. The highest BCUT2D eigenvalue weighted by Gasteiger charge is 2.24. The minimum absolute atomic E-state index is 0.0894. The van der Waals surface area contributed by atoms with Gasteiger partial charge >= 0.3 is 0 Å². The van der Waals surface area contributed by atoms with Gasteiger partial charge in [-0.2, -0.15) is 0 Å². The molecule has 0 radical (unpaired) electrons. The molecule has 192 valence electrons. The normalized spacial score (nSPS) is 10.8. The van der Waals surface area contributed by atoms with Gasteiger partial charge in [-0.05, 0) is 53.7 Å². The van der Waals surface area contributed by atoms with Crippen molar-refractivity contribution >= 4 is 22.9 Å². The van der Waals surface area contributed by atoms with Gasteiger partial charge in [0, 0.05) is 42.9 Å². The Morgan fingerprint density at radius 3 is 1.58 bits per heavy atom. The molecule has 3 aromatic rings. The first kappa shape index (κ1) is 28.8. The Balaban J connectivity index is 0.000000319. The number of nitrogens with zero attached hydrogens (tertiary/aromatic N) is 2. The van der Waals surface area contributed by atoms with Crippen molar-refractivity contribution in [2.24, 2.45) is 0 Å². The van der Waals surface area contributed by atoms with E-state index in [1.54, 1.807) is 24.3 Å². The molecule has 0 saturated carbocycles. The maximum absolute atomic E-state index is 13.1. The van der Waals surface area contributed by atoms with Gasteiger partial charge in [-0.3, -0.25) is 9.59 Å². The molecule has 3 rings (SSSR count). The van der Waals surface area contributed by atoms with Gasteiger partial charge in [0.1, 0.15) is 5.60 Å². The monoisotopic (exact) mass is 488 g/mol. The van der Waals surface area contributed by atoms with Gasteiger partial charge in [-0.15, -0.1) is 0 Å². The molecule has 5 heteroatoms. The van der Waals surface area contributed by atoms with Gasteiger partial charge in [-0.1, -0.05) is 66.7 Å². The van der Waals surface area contributed by atoms with Crippen molar-refractivity contribution in [3.63, 3.8) is 0 Å². The molecule has 0 heterocycles. The van der Waals surface area contributed by atoms with Crippen LogP contribution in [0.25, 0.3) is 0 Å². The number of hydrogen-bond donors (Lipinski definition) is 1. The van der Waals surface area contributed by atoms with Crippen molar-refractivity contribution in [3.8, 4) is 0 Å². The summed E-state index contributed by atoms with van der Waals surface area (Å²) in [4.78, 5) is 29.1. The Hall–Kier alpha value is -3.44. The summed E-state index contributed by atoms with van der Waals surface area (Å²) in [5.74, 6) is -0.158. The molecule has 0 atom stereocenters. The summed E-state index contributed by atoms with van der Waals surface area (Å²) in [5.41, 5.74) is 2.99. The maximum atomic E-state index is 13.1. The van der Waals surface area contributed by atoms with Crippen LogP contribution in [0.4, 0.5) is 11.4 Å². The van der Waals surface area contributed by atoms with Crippen molar-refractivity contribution < 1.29 is 14.7 Å². The van der Waals surface area contributed by atoms with Crippen LogP contribution in [0.2, 0.25) is 0 Å². The van der Waals surface area contributed by atoms with Crippen molar-refractivity contribution in [1.82, 2.24) is 0 Å². The van der Waals surface area contributed by atoms with E-state index in [2.05, 4.69) is 43.6 Å². The third-order valence-electron chi connectivity index (χ3n) is 6.07. The maximum Gasteiger partial charge on any atom is 0.195 e. The number of para-hydroxylation sites is 1. The Kier molecular flexibility index (Phi) is 10.9. The standard InChI is InChI=1S/C21H28N2O.C10H12O2/c1-5-22(6-2)19-16-12-15-18(20(19)23(7-3)8-4)21(24)17-13-10-9-11-14-17;1-10(2,12)9(11)8-6-4-3-5-7-8/h9-16H,5-8H2,1-4H3;3-7,12H,1-2H3. The minimum Gasteiger partial charge on any atom is -0.382 e. The summed E-state index contributed by atoms with van der Waals surface area (Å²) in [6.45, 7) is 15.2. The summed E-state index contributed by atoms with van der Waals surface area (Å²) in [5, 5.41) is 9.39. The number of aliphatic hydroxyl groups is 1. The van der Waals surface area contributed by atoms with Gasteiger partial charge in [0.15, 0.2) is 11.6 Å². The largest absolute Gasteiger partial charge is 0.382 e. The summed E-state index contributed by atoms with van der Waals surface area (Å²) in [6.07, 6.45) is 0. The molecule has 0 bridgehead atoms. The van der Waals surface area contributed by atoms with Crippen LogP contribution in [0, 0.1) is 0 Å². The molecule has 0 aliphatic rings. The lowest BCUT2D eigenvalue weighted by atomic mass is 9.97. The number of benzene rings is 3. The van der Waals surface area contributed by atoms with Gasteiger partial charge in [0.25, 0.3) is 0 Å². The quantitative estimate of drug-likeness (QED) is 0.342. The lowest BCUT2D eigenvalue weighted by Crippen LogP contribution is -2.30. The fourth-order valence-electron chi connectivity index (χ4n) is 4.09. The number of carbonyl (C=O) groups is 2. The van der Waals surface area contributed by atoms with Gasteiger partial charge in [0.2, 0.25) is 0 Å². The molecule has 0 saturated heterocycles. The Bertz CT molecular complexity index is 1100. The van der Waals surface area contributed by atoms with Gasteiger partial charge in [-0.25, -0.2) is 0 Å². The van der Waals surface area contributed by atoms with Crippen LogP contribution >= 0.6 is 0 Å². The molecule has 5 nitrogen and oxygen atoms in total. The highest BCUT2D eigenvalue weighted by Crippen LogP contribution is 2.34. The zero-order chi connectivity index (χ0) is 26.7. The SMILES string of the molecule is CC(C)(O)C(=O)c1ccccc1.CCN(CC)c1cccc(C(=O)c2ccccc2)c1N(CC)CC. The van der Waals surface area contributed by atoms with E-state index in [0.29, 0.717) is 5.56 Å². The molecule has 3 aromatic carbocycles. The fraction of sp³-hybridized carbons (Fsp3) is 0.355. The van der Waals surface area contributed by atoms with E-state index in [4.69, 9.17) is 0 Å². The van der Waals surface area contributed by atoms with Gasteiger partial charge in [0.05, 0.1) is 11.4 Å². The molecule has 0 fully saturated rings. The molecule has 0 aliphatic carbocycles. The molecular formula is C31H40N2O3. The molecule has 0 aromatic heterocycles. The summed E-state index contributed by atoms with van der Waals surface area (Å²) < 4.78 is 0. The number of Topliss-reactive ketones (excluding diaryl/α,β-unsaturated/α-hetero) is 1. The smallest absolute Gasteiger partial charge is 0.195 e. The van der Waals surface area contributed by atoms with E-state index in [-0.39, 0.29) is 11.6 Å². The highest BCUT2D eigenvalue weighted by atomic mass is 16.3. The lowest BCUT2D eigenvalue weighted by molar-refractivity contribution is 0.0488. The zero-order valence-electron chi connectivity index (χ0n) is 22.5. The van der Waals surface area contributed by atoms with E-state index >= 15 is 0 Å².